The van der Waals surface area contributed by atoms with E-state index in [2.05, 4.69) is 5.10 Å². The van der Waals surface area contributed by atoms with Crippen LogP contribution in [0, 0.1) is 5.82 Å². The van der Waals surface area contributed by atoms with Gasteiger partial charge in [0.1, 0.15) is 5.82 Å². The second-order valence-corrected chi connectivity index (χ2v) is 9.43. The number of benzene rings is 1. The van der Waals surface area contributed by atoms with E-state index in [1.54, 1.807) is 28.8 Å². The Labute approximate surface area is 199 Å². The Balaban J connectivity index is 1.94. The number of aliphatic carboxylic acids is 1. The molecule has 34 heavy (non-hydrogen) atoms. The zero-order valence-corrected chi connectivity index (χ0v) is 19.9. The average molecular weight is 476 g/mol. The van der Waals surface area contributed by atoms with Crippen molar-refractivity contribution in [2.24, 2.45) is 0 Å². The maximum Gasteiger partial charge on any atom is 0.305 e. The molecule has 1 saturated carbocycles. The van der Waals surface area contributed by atoms with Gasteiger partial charge in [0.15, 0.2) is 5.69 Å². The number of amides is 1. The standard InChI is InChI=1S/C25H34FN3O5/c1-15(2)23-21(12-11-19(30)13-20(31)14-22(32)33)29(18-9-7-16(26)8-10-18)27-24(23)25(34)28(3)17-5-4-6-17/h7-10,15,17,19-20,30-31H,4-6,11-14H2,1-3H3,(H,32,33)/t19-,20-/m1/s1. The van der Waals surface area contributed by atoms with E-state index in [1.807, 2.05) is 13.8 Å². The van der Waals surface area contributed by atoms with Gasteiger partial charge in [-0.15, -0.1) is 0 Å². The first-order chi connectivity index (χ1) is 16.1. The fourth-order valence-corrected chi connectivity index (χ4v) is 4.39. The second-order valence-electron chi connectivity index (χ2n) is 9.43. The highest BCUT2D eigenvalue weighted by atomic mass is 19.1. The number of aromatic nitrogens is 2. The molecule has 0 bridgehead atoms. The van der Waals surface area contributed by atoms with Gasteiger partial charge in [-0.1, -0.05) is 13.8 Å². The van der Waals surface area contributed by atoms with Crippen LogP contribution in [-0.4, -0.2) is 67.2 Å². The molecule has 1 aliphatic carbocycles. The molecular formula is C25H34FN3O5. The fraction of sp³-hybridized carbons (Fsp3) is 0.560. The lowest BCUT2D eigenvalue weighted by atomic mass is 9.91. The monoisotopic (exact) mass is 475 g/mol. The Kier molecular flexibility index (Phi) is 8.43. The SMILES string of the molecule is CC(C)c1c(C(=O)N(C)C2CCC2)nn(-c2ccc(F)cc2)c1CC[C@@H](O)C[C@@H](O)CC(=O)O. The zero-order chi connectivity index (χ0) is 25.0. The first-order valence-electron chi connectivity index (χ1n) is 11.8. The third-order valence-corrected chi connectivity index (χ3v) is 6.48. The molecule has 1 fully saturated rings. The van der Waals surface area contributed by atoms with Crippen molar-refractivity contribution in [3.63, 3.8) is 0 Å². The summed E-state index contributed by atoms with van der Waals surface area (Å²) in [7, 11) is 1.79. The van der Waals surface area contributed by atoms with E-state index in [0.29, 0.717) is 17.8 Å². The Morgan fingerprint density at radius 3 is 2.35 bits per heavy atom. The second kappa shape index (κ2) is 11.1. The van der Waals surface area contributed by atoms with Crippen LogP contribution >= 0.6 is 0 Å². The maximum absolute atomic E-state index is 13.6. The Hall–Kier alpha value is -2.78. The molecule has 0 unspecified atom stereocenters. The van der Waals surface area contributed by atoms with E-state index in [1.165, 1.54) is 12.1 Å². The van der Waals surface area contributed by atoms with Crippen molar-refractivity contribution >= 4 is 11.9 Å². The number of carboxylic acids is 1. The number of halogens is 1. The Morgan fingerprint density at radius 1 is 1.18 bits per heavy atom. The molecule has 0 radical (unpaired) electrons. The van der Waals surface area contributed by atoms with E-state index >= 15 is 0 Å². The molecule has 1 aromatic heterocycles. The highest BCUT2D eigenvalue weighted by Crippen LogP contribution is 2.31. The summed E-state index contributed by atoms with van der Waals surface area (Å²) in [4.78, 5) is 25.9. The molecular weight excluding hydrogens is 441 g/mol. The minimum absolute atomic E-state index is 0.0346. The summed E-state index contributed by atoms with van der Waals surface area (Å²) in [6.45, 7) is 3.95. The van der Waals surface area contributed by atoms with Crippen LogP contribution in [0.4, 0.5) is 4.39 Å². The van der Waals surface area contributed by atoms with Crippen molar-refractivity contribution in [1.29, 1.82) is 0 Å². The summed E-state index contributed by atoms with van der Waals surface area (Å²) >= 11 is 0. The van der Waals surface area contributed by atoms with Crippen LogP contribution in [0.3, 0.4) is 0 Å². The predicted octanol–water partition coefficient (Wildman–Crippen LogP) is 3.28. The summed E-state index contributed by atoms with van der Waals surface area (Å²) in [5.74, 6) is -1.71. The van der Waals surface area contributed by atoms with Crippen LogP contribution < -0.4 is 0 Å². The van der Waals surface area contributed by atoms with E-state index in [0.717, 1.165) is 30.5 Å². The van der Waals surface area contributed by atoms with Gasteiger partial charge in [0.05, 0.1) is 24.3 Å². The lowest BCUT2D eigenvalue weighted by molar-refractivity contribution is -0.139. The van der Waals surface area contributed by atoms with Gasteiger partial charge in [0.2, 0.25) is 0 Å². The number of aliphatic hydroxyl groups excluding tert-OH is 2. The number of carboxylic acid groups (broad SMARTS) is 1. The summed E-state index contributed by atoms with van der Waals surface area (Å²) < 4.78 is 15.2. The molecule has 1 amide bonds. The van der Waals surface area contributed by atoms with Crippen molar-refractivity contribution < 1.29 is 29.3 Å². The minimum atomic E-state index is -1.15. The van der Waals surface area contributed by atoms with E-state index < -0.39 is 24.6 Å². The highest BCUT2D eigenvalue weighted by molar-refractivity contribution is 5.94. The number of aliphatic hydroxyl groups is 2. The number of rotatable bonds is 11. The molecule has 2 atom stereocenters. The highest BCUT2D eigenvalue weighted by Gasteiger charge is 2.32. The molecule has 186 valence electrons. The van der Waals surface area contributed by atoms with Crippen molar-refractivity contribution in [2.75, 3.05) is 7.05 Å². The molecule has 3 N–H and O–H groups in total. The van der Waals surface area contributed by atoms with Gasteiger partial charge in [-0.05, 0) is 68.7 Å². The van der Waals surface area contributed by atoms with Gasteiger partial charge >= 0.3 is 5.97 Å². The summed E-state index contributed by atoms with van der Waals surface area (Å²) in [5.41, 5.74) is 2.46. The molecule has 3 rings (SSSR count). The van der Waals surface area contributed by atoms with Crippen LogP contribution in [0.5, 0.6) is 0 Å². The van der Waals surface area contributed by atoms with Gasteiger partial charge in [-0.2, -0.15) is 5.10 Å². The van der Waals surface area contributed by atoms with Crippen LogP contribution in [0.1, 0.15) is 80.0 Å². The number of carbonyl (C=O) groups excluding carboxylic acids is 1. The Morgan fingerprint density at radius 2 is 1.82 bits per heavy atom. The number of hydrogen-bond acceptors (Lipinski definition) is 5. The smallest absolute Gasteiger partial charge is 0.305 e. The quantitative estimate of drug-likeness (QED) is 0.459. The third-order valence-electron chi connectivity index (χ3n) is 6.48. The van der Waals surface area contributed by atoms with Crippen LogP contribution in [-0.2, 0) is 11.2 Å². The molecule has 0 saturated heterocycles. The van der Waals surface area contributed by atoms with Crippen molar-refractivity contribution in [1.82, 2.24) is 14.7 Å². The van der Waals surface area contributed by atoms with Gasteiger partial charge in [0, 0.05) is 24.3 Å². The lowest BCUT2D eigenvalue weighted by Crippen LogP contribution is -2.41. The van der Waals surface area contributed by atoms with E-state index in [9.17, 15) is 24.2 Å². The molecule has 1 heterocycles. The third kappa shape index (κ3) is 6.01. The number of carbonyl (C=O) groups is 2. The lowest BCUT2D eigenvalue weighted by Gasteiger charge is -2.34. The van der Waals surface area contributed by atoms with E-state index in [4.69, 9.17) is 5.11 Å². The fourth-order valence-electron chi connectivity index (χ4n) is 4.39. The molecule has 0 spiro atoms. The molecule has 1 aliphatic rings. The first-order valence-corrected chi connectivity index (χ1v) is 11.8. The number of nitrogens with zero attached hydrogens (tertiary/aromatic N) is 3. The average Bonchev–Trinajstić information content (AvgIpc) is 3.10. The molecule has 9 heteroatoms. The number of hydrogen-bond donors (Lipinski definition) is 3. The molecule has 2 aromatic rings. The van der Waals surface area contributed by atoms with Crippen LogP contribution in [0.25, 0.3) is 5.69 Å². The van der Waals surface area contributed by atoms with Gasteiger partial charge in [0.25, 0.3) is 5.91 Å². The summed E-state index contributed by atoms with van der Waals surface area (Å²) in [5, 5.41) is 33.8. The maximum atomic E-state index is 13.6. The van der Waals surface area contributed by atoms with E-state index in [-0.39, 0.29) is 36.5 Å². The topological polar surface area (TPSA) is 116 Å². The van der Waals surface area contributed by atoms with Crippen molar-refractivity contribution in [3.8, 4) is 5.69 Å². The zero-order valence-electron chi connectivity index (χ0n) is 19.9. The molecule has 0 aliphatic heterocycles. The normalized spacial score (nSPS) is 15.7. The van der Waals surface area contributed by atoms with Gasteiger partial charge in [-0.3, -0.25) is 9.59 Å². The predicted molar refractivity (Wildman–Crippen MR) is 125 cm³/mol. The molecule has 1 aromatic carbocycles. The molecule has 8 nitrogen and oxygen atoms in total. The van der Waals surface area contributed by atoms with Gasteiger partial charge in [-0.25, -0.2) is 9.07 Å². The first kappa shape index (κ1) is 25.8. The largest absolute Gasteiger partial charge is 0.481 e. The summed E-state index contributed by atoms with van der Waals surface area (Å²) in [6.07, 6.45) is 1.05. The van der Waals surface area contributed by atoms with Crippen LogP contribution in [0.2, 0.25) is 0 Å². The van der Waals surface area contributed by atoms with Crippen molar-refractivity contribution in [2.45, 2.75) is 83.0 Å². The summed E-state index contributed by atoms with van der Waals surface area (Å²) in [6, 6.07) is 6.04. The van der Waals surface area contributed by atoms with Gasteiger partial charge < -0.3 is 20.2 Å². The minimum Gasteiger partial charge on any atom is -0.481 e. The Bertz CT molecular complexity index is 1000. The van der Waals surface area contributed by atoms with Crippen LogP contribution in [0.15, 0.2) is 24.3 Å². The van der Waals surface area contributed by atoms with Crippen molar-refractivity contribution in [3.05, 3.63) is 47.0 Å².